The zero-order valence-corrected chi connectivity index (χ0v) is 13.7. The van der Waals surface area contributed by atoms with Crippen LogP contribution >= 0.6 is 0 Å². The van der Waals surface area contributed by atoms with Crippen molar-refractivity contribution in [3.8, 4) is 0 Å². The largest absolute Gasteiger partial charge is 0.444 e. The van der Waals surface area contributed by atoms with Gasteiger partial charge >= 0.3 is 6.09 Å². The van der Waals surface area contributed by atoms with Crippen LogP contribution in [0.25, 0.3) is 0 Å². The van der Waals surface area contributed by atoms with E-state index in [0.717, 1.165) is 12.8 Å². The van der Waals surface area contributed by atoms with E-state index in [2.05, 4.69) is 5.32 Å². The van der Waals surface area contributed by atoms with E-state index in [9.17, 15) is 14.7 Å². The van der Waals surface area contributed by atoms with Crippen LogP contribution in [0.5, 0.6) is 0 Å². The van der Waals surface area contributed by atoms with Crippen molar-refractivity contribution in [2.75, 3.05) is 19.6 Å². The monoisotopic (exact) mass is 300 g/mol. The van der Waals surface area contributed by atoms with Gasteiger partial charge in [-0.15, -0.1) is 0 Å². The van der Waals surface area contributed by atoms with E-state index in [0.29, 0.717) is 13.1 Å². The zero-order valence-electron chi connectivity index (χ0n) is 13.7. The van der Waals surface area contributed by atoms with Crippen LogP contribution in [0.1, 0.15) is 47.5 Å². The molecule has 0 radical (unpaired) electrons. The Balaban J connectivity index is 2.62. The Hall–Kier alpha value is -1.30. The number of piperidine rings is 1. The third-order valence-electron chi connectivity index (χ3n) is 3.65. The molecule has 0 aromatic heterocycles. The Morgan fingerprint density at radius 1 is 1.33 bits per heavy atom. The Morgan fingerprint density at radius 3 is 2.48 bits per heavy atom. The minimum atomic E-state index is -1.04. The number of hydrogen-bond acceptors (Lipinski definition) is 4. The lowest BCUT2D eigenvalue weighted by molar-refractivity contribution is -0.121. The maximum absolute atomic E-state index is 12.1. The number of likely N-dealkylation sites (tertiary alicyclic amines) is 1. The first-order valence-electron chi connectivity index (χ1n) is 7.46. The Bertz CT molecular complexity index is 388. The maximum atomic E-state index is 12.1. The molecule has 1 aliphatic rings. The Morgan fingerprint density at radius 2 is 1.95 bits per heavy atom. The Kier molecular flexibility index (Phi) is 5.61. The molecule has 1 saturated heterocycles. The van der Waals surface area contributed by atoms with Crippen molar-refractivity contribution in [1.82, 2.24) is 10.2 Å². The van der Waals surface area contributed by atoms with Gasteiger partial charge in [-0.3, -0.25) is 4.79 Å². The normalized spacial score (nSPS) is 22.4. The van der Waals surface area contributed by atoms with Crippen LogP contribution in [0.15, 0.2) is 0 Å². The SMILES string of the molecule is CC(=O)NCC(C)(O)C1CCCN(C(=O)OC(C)(C)C)C1. The number of ether oxygens (including phenoxy) is 1. The van der Waals surface area contributed by atoms with Gasteiger partial charge in [-0.25, -0.2) is 4.79 Å². The van der Waals surface area contributed by atoms with Crippen molar-refractivity contribution in [2.24, 2.45) is 5.92 Å². The molecule has 2 unspecified atom stereocenters. The lowest BCUT2D eigenvalue weighted by Gasteiger charge is -2.40. The molecule has 2 N–H and O–H groups in total. The van der Waals surface area contributed by atoms with Gasteiger partial charge in [-0.05, 0) is 40.5 Å². The molecule has 0 aromatic carbocycles. The van der Waals surface area contributed by atoms with Crippen molar-refractivity contribution in [1.29, 1.82) is 0 Å². The van der Waals surface area contributed by atoms with Gasteiger partial charge in [0.05, 0.1) is 5.60 Å². The quantitative estimate of drug-likeness (QED) is 0.828. The number of carbonyl (C=O) groups is 2. The van der Waals surface area contributed by atoms with Crippen LogP contribution in [-0.4, -0.2) is 52.8 Å². The second kappa shape index (κ2) is 6.64. The summed E-state index contributed by atoms with van der Waals surface area (Å²) in [5.41, 5.74) is -1.56. The minimum absolute atomic E-state index is 0.0781. The first kappa shape index (κ1) is 17.8. The molecule has 21 heavy (non-hydrogen) atoms. The van der Waals surface area contributed by atoms with E-state index >= 15 is 0 Å². The van der Waals surface area contributed by atoms with Gasteiger partial charge in [0.2, 0.25) is 5.91 Å². The molecular formula is C15H28N2O4. The maximum Gasteiger partial charge on any atom is 0.410 e. The number of nitrogens with one attached hydrogen (secondary N) is 1. The van der Waals surface area contributed by atoms with Gasteiger partial charge in [0.15, 0.2) is 0 Å². The third-order valence-corrected chi connectivity index (χ3v) is 3.65. The van der Waals surface area contributed by atoms with Gasteiger partial charge in [0, 0.05) is 32.5 Å². The van der Waals surface area contributed by atoms with Crippen molar-refractivity contribution < 1.29 is 19.4 Å². The number of amides is 2. The van der Waals surface area contributed by atoms with Crippen LogP contribution in [0.2, 0.25) is 0 Å². The summed E-state index contributed by atoms with van der Waals surface area (Å²) in [7, 11) is 0. The van der Waals surface area contributed by atoms with E-state index in [1.807, 2.05) is 20.8 Å². The average molecular weight is 300 g/mol. The summed E-state index contributed by atoms with van der Waals surface area (Å²) in [5.74, 6) is -0.249. The summed E-state index contributed by atoms with van der Waals surface area (Å²) in [6.07, 6.45) is 1.30. The molecule has 0 aromatic rings. The molecule has 0 bridgehead atoms. The first-order valence-corrected chi connectivity index (χ1v) is 7.46. The summed E-state index contributed by atoms with van der Waals surface area (Å²) < 4.78 is 5.37. The smallest absolute Gasteiger partial charge is 0.410 e. The van der Waals surface area contributed by atoms with Crippen LogP contribution < -0.4 is 5.32 Å². The predicted molar refractivity (Wildman–Crippen MR) is 79.8 cm³/mol. The number of carbonyl (C=O) groups excluding carboxylic acids is 2. The second-order valence-electron chi connectivity index (χ2n) is 7.03. The fraction of sp³-hybridized carbons (Fsp3) is 0.867. The fourth-order valence-corrected chi connectivity index (χ4v) is 2.42. The molecule has 0 aliphatic carbocycles. The summed E-state index contributed by atoms with van der Waals surface area (Å²) in [5, 5.41) is 13.2. The minimum Gasteiger partial charge on any atom is -0.444 e. The summed E-state index contributed by atoms with van der Waals surface area (Å²) in [6.45, 7) is 9.90. The van der Waals surface area contributed by atoms with E-state index in [1.165, 1.54) is 6.92 Å². The van der Waals surface area contributed by atoms with Crippen molar-refractivity contribution in [2.45, 2.75) is 58.7 Å². The molecule has 2 atom stereocenters. The molecule has 1 heterocycles. The standard InChI is InChI=1S/C15H28N2O4/c1-11(18)16-10-15(5,20)12-7-6-8-17(9-12)13(19)21-14(2,3)4/h12,20H,6-10H2,1-5H3,(H,16,18). The molecule has 122 valence electrons. The van der Waals surface area contributed by atoms with Crippen molar-refractivity contribution in [3.05, 3.63) is 0 Å². The van der Waals surface area contributed by atoms with Gasteiger partial charge in [-0.2, -0.15) is 0 Å². The van der Waals surface area contributed by atoms with E-state index < -0.39 is 11.2 Å². The fourth-order valence-electron chi connectivity index (χ4n) is 2.42. The van der Waals surface area contributed by atoms with E-state index in [1.54, 1.807) is 11.8 Å². The highest BCUT2D eigenvalue weighted by Crippen LogP contribution is 2.27. The van der Waals surface area contributed by atoms with Gasteiger partial charge in [0.1, 0.15) is 5.60 Å². The number of nitrogens with zero attached hydrogens (tertiary/aromatic N) is 1. The van der Waals surface area contributed by atoms with Crippen LogP contribution in [0.4, 0.5) is 4.79 Å². The molecule has 2 amide bonds. The average Bonchev–Trinajstić information content (AvgIpc) is 2.35. The van der Waals surface area contributed by atoms with Crippen molar-refractivity contribution >= 4 is 12.0 Å². The molecule has 0 spiro atoms. The van der Waals surface area contributed by atoms with E-state index in [4.69, 9.17) is 4.74 Å². The highest BCUT2D eigenvalue weighted by molar-refractivity contribution is 5.72. The summed E-state index contributed by atoms with van der Waals surface area (Å²) in [4.78, 5) is 24.7. The highest BCUT2D eigenvalue weighted by Gasteiger charge is 2.37. The molecule has 6 heteroatoms. The molecule has 1 aliphatic heterocycles. The summed E-state index contributed by atoms with van der Waals surface area (Å²) >= 11 is 0. The molecule has 0 saturated carbocycles. The molecule has 6 nitrogen and oxygen atoms in total. The zero-order chi connectivity index (χ0) is 16.3. The first-order chi connectivity index (χ1) is 9.51. The number of rotatable bonds is 3. The third kappa shape index (κ3) is 5.91. The molecule has 1 fully saturated rings. The number of aliphatic hydroxyl groups is 1. The lowest BCUT2D eigenvalue weighted by atomic mass is 9.83. The van der Waals surface area contributed by atoms with Gasteiger partial charge < -0.3 is 20.1 Å². The predicted octanol–water partition coefficient (Wildman–Crippen LogP) is 1.52. The molecular weight excluding hydrogens is 272 g/mol. The lowest BCUT2D eigenvalue weighted by Crippen LogP contribution is -2.53. The van der Waals surface area contributed by atoms with Crippen LogP contribution in [0.3, 0.4) is 0 Å². The Labute approximate surface area is 126 Å². The van der Waals surface area contributed by atoms with Crippen LogP contribution in [0, 0.1) is 5.92 Å². The van der Waals surface area contributed by atoms with Crippen LogP contribution in [-0.2, 0) is 9.53 Å². The van der Waals surface area contributed by atoms with E-state index in [-0.39, 0.29) is 24.5 Å². The van der Waals surface area contributed by atoms with Crippen molar-refractivity contribution in [3.63, 3.8) is 0 Å². The topological polar surface area (TPSA) is 78.9 Å². The number of hydrogen-bond donors (Lipinski definition) is 2. The second-order valence-corrected chi connectivity index (χ2v) is 7.03. The van der Waals surface area contributed by atoms with Gasteiger partial charge in [-0.1, -0.05) is 0 Å². The van der Waals surface area contributed by atoms with Gasteiger partial charge in [0.25, 0.3) is 0 Å². The summed E-state index contributed by atoms with van der Waals surface area (Å²) in [6, 6.07) is 0. The highest BCUT2D eigenvalue weighted by atomic mass is 16.6. The molecule has 1 rings (SSSR count).